The Morgan fingerprint density at radius 3 is 3.06 bits per heavy atom. The molecule has 18 heavy (non-hydrogen) atoms. The zero-order chi connectivity index (χ0) is 12.1. The standard InChI is InChI=1S/C12H7N5O/c18-12-11-8-5-13-15-10(8)7-3-1-2-4-9(7)17(11)6-14-16-12/h1-6H,(H,16,18). The zero-order valence-electron chi connectivity index (χ0n) is 9.16. The summed E-state index contributed by atoms with van der Waals surface area (Å²) in [5.74, 6) is 0. The van der Waals surface area contributed by atoms with Crippen molar-refractivity contribution in [1.29, 1.82) is 0 Å². The SMILES string of the molecule is O=c1[nH]ncn2c1c1cnnc-1c1ccccc12. The fourth-order valence-corrected chi connectivity index (χ4v) is 2.32. The normalized spacial score (nSPS) is 11.6. The summed E-state index contributed by atoms with van der Waals surface area (Å²) in [4.78, 5) is 11.9. The molecule has 0 amide bonds. The lowest BCUT2D eigenvalue weighted by atomic mass is 10.1. The Kier molecular flexibility index (Phi) is 1.62. The van der Waals surface area contributed by atoms with Gasteiger partial charge < -0.3 is 0 Å². The number of nitrogens with one attached hydrogen (secondary N) is 1. The van der Waals surface area contributed by atoms with E-state index in [1.165, 1.54) is 0 Å². The van der Waals surface area contributed by atoms with Gasteiger partial charge in [-0.1, -0.05) is 18.2 Å². The third-order valence-corrected chi connectivity index (χ3v) is 3.07. The van der Waals surface area contributed by atoms with Gasteiger partial charge in [-0.15, -0.1) is 5.10 Å². The van der Waals surface area contributed by atoms with Crippen LogP contribution in [0.4, 0.5) is 0 Å². The number of aromatic nitrogens is 5. The highest BCUT2D eigenvalue weighted by atomic mass is 16.1. The summed E-state index contributed by atoms with van der Waals surface area (Å²) in [6, 6.07) is 7.74. The molecule has 0 bridgehead atoms. The first-order valence-electron chi connectivity index (χ1n) is 5.44. The van der Waals surface area contributed by atoms with Crippen LogP contribution in [0.1, 0.15) is 0 Å². The van der Waals surface area contributed by atoms with E-state index in [2.05, 4.69) is 20.4 Å². The van der Waals surface area contributed by atoms with Gasteiger partial charge in [0.15, 0.2) is 0 Å². The highest BCUT2D eigenvalue weighted by molar-refractivity contribution is 6.00. The predicted molar refractivity (Wildman–Crippen MR) is 65.5 cm³/mol. The Morgan fingerprint density at radius 2 is 2.11 bits per heavy atom. The number of hydrogen-bond donors (Lipinski definition) is 1. The van der Waals surface area contributed by atoms with E-state index in [1.54, 1.807) is 16.9 Å². The summed E-state index contributed by atoms with van der Waals surface area (Å²) < 4.78 is 1.76. The van der Waals surface area contributed by atoms with Gasteiger partial charge >= 0.3 is 0 Å². The van der Waals surface area contributed by atoms with Crippen LogP contribution >= 0.6 is 0 Å². The maximum atomic E-state index is 11.9. The van der Waals surface area contributed by atoms with E-state index in [0.717, 1.165) is 22.2 Å². The molecule has 0 saturated heterocycles. The minimum atomic E-state index is -0.247. The van der Waals surface area contributed by atoms with Crippen LogP contribution < -0.4 is 5.56 Å². The van der Waals surface area contributed by atoms with Gasteiger partial charge in [-0.25, -0.2) is 5.10 Å². The molecule has 2 aliphatic heterocycles. The predicted octanol–water partition coefficient (Wildman–Crippen LogP) is 1.07. The lowest BCUT2D eigenvalue weighted by Gasteiger charge is -2.09. The van der Waals surface area contributed by atoms with Crippen molar-refractivity contribution in [3.63, 3.8) is 0 Å². The summed E-state index contributed by atoms with van der Waals surface area (Å²) in [7, 11) is 0. The van der Waals surface area contributed by atoms with Gasteiger partial charge in [0.1, 0.15) is 17.5 Å². The molecule has 0 radical (unpaired) electrons. The van der Waals surface area contributed by atoms with Crippen molar-refractivity contribution in [1.82, 2.24) is 24.8 Å². The monoisotopic (exact) mass is 237 g/mol. The van der Waals surface area contributed by atoms with Crippen LogP contribution in [0.25, 0.3) is 27.7 Å². The number of hydrogen-bond acceptors (Lipinski definition) is 4. The van der Waals surface area contributed by atoms with E-state index in [9.17, 15) is 4.79 Å². The van der Waals surface area contributed by atoms with Crippen molar-refractivity contribution in [3.05, 3.63) is 47.1 Å². The van der Waals surface area contributed by atoms with E-state index in [4.69, 9.17) is 0 Å². The summed E-state index contributed by atoms with van der Waals surface area (Å²) in [6.45, 7) is 0. The molecule has 2 aromatic rings. The maximum Gasteiger partial charge on any atom is 0.289 e. The van der Waals surface area contributed by atoms with Crippen LogP contribution in [-0.4, -0.2) is 24.8 Å². The third kappa shape index (κ3) is 1.01. The van der Waals surface area contributed by atoms with Gasteiger partial charge in [0.05, 0.1) is 17.3 Å². The van der Waals surface area contributed by atoms with Crippen molar-refractivity contribution < 1.29 is 0 Å². The Hall–Kier alpha value is -2.76. The van der Waals surface area contributed by atoms with Gasteiger partial charge in [-0.2, -0.15) is 10.2 Å². The summed E-state index contributed by atoms with van der Waals surface area (Å²) in [6.07, 6.45) is 3.19. The van der Waals surface area contributed by atoms with E-state index in [-0.39, 0.29) is 5.56 Å². The highest BCUT2D eigenvalue weighted by Crippen LogP contribution is 2.30. The number of fused-ring (bicyclic) bond motifs is 6. The molecule has 6 nitrogen and oxygen atoms in total. The van der Waals surface area contributed by atoms with Gasteiger partial charge in [0.25, 0.3) is 5.56 Å². The molecule has 0 aliphatic carbocycles. The average molecular weight is 237 g/mol. The van der Waals surface area contributed by atoms with Crippen LogP contribution in [0.2, 0.25) is 0 Å². The van der Waals surface area contributed by atoms with Gasteiger partial charge in [-0.3, -0.25) is 9.20 Å². The molecule has 6 heteroatoms. The Labute approximate surface area is 100 Å². The van der Waals surface area contributed by atoms with Crippen LogP contribution in [-0.2, 0) is 0 Å². The molecule has 2 aliphatic rings. The van der Waals surface area contributed by atoms with E-state index in [0.29, 0.717) is 5.52 Å². The van der Waals surface area contributed by atoms with Gasteiger partial charge in [0, 0.05) is 5.39 Å². The van der Waals surface area contributed by atoms with Crippen LogP contribution in [0.15, 0.2) is 41.6 Å². The smallest absolute Gasteiger partial charge is 0.289 e. The number of pyridine rings is 1. The second-order valence-electron chi connectivity index (χ2n) is 4.03. The number of H-pyrrole nitrogens is 1. The first-order valence-corrected chi connectivity index (χ1v) is 5.44. The number of rotatable bonds is 0. The maximum absolute atomic E-state index is 11.9. The Bertz CT molecular complexity index is 907. The minimum absolute atomic E-state index is 0.247. The molecule has 0 fully saturated rings. The lowest BCUT2D eigenvalue weighted by Crippen LogP contribution is -2.14. The molecule has 4 rings (SSSR count). The molecule has 0 spiro atoms. The van der Waals surface area contributed by atoms with Crippen LogP contribution in [0, 0.1) is 0 Å². The summed E-state index contributed by atoms with van der Waals surface area (Å²) >= 11 is 0. The third-order valence-electron chi connectivity index (χ3n) is 3.07. The number of para-hydroxylation sites is 1. The molecule has 86 valence electrons. The van der Waals surface area contributed by atoms with Crippen molar-refractivity contribution in [3.8, 4) is 11.3 Å². The van der Waals surface area contributed by atoms with Crippen molar-refractivity contribution in [2.45, 2.75) is 0 Å². The van der Waals surface area contributed by atoms with Crippen molar-refractivity contribution in [2.24, 2.45) is 0 Å². The average Bonchev–Trinajstić information content (AvgIpc) is 2.88. The number of aromatic amines is 1. The summed E-state index contributed by atoms with van der Waals surface area (Å²) in [5.41, 5.74) is 2.63. The van der Waals surface area contributed by atoms with Gasteiger partial charge in [0.2, 0.25) is 0 Å². The summed E-state index contributed by atoms with van der Waals surface area (Å²) in [5, 5.41) is 15.2. The lowest BCUT2D eigenvalue weighted by molar-refractivity contribution is 0.926. The highest BCUT2D eigenvalue weighted by Gasteiger charge is 2.17. The molecule has 0 saturated carbocycles. The second kappa shape index (κ2) is 3.13. The quantitative estimate of drug-likeness (QED) is 0.464. The Balaban J connectivity index is 2.48. The van der Waals surface area contributed by atoms with E-state index >= 15 is 0 Å². The Morgan fingerprint density at radius 1 is 1.22 bits per heavy atom. The second-order valence-corrected chi connectivity index (χ2v) is 4.03. The first kappa shape index (κ1) is 9.29. The van der Waals surface area contributed by atoms with Crippen molar-refractivity contribution >= 4 is 16.4 Å². The molecule has 0 unspecified atom stereocenters. The molecule has 1 N–H and O–H groups in total. The number of nitrogens with zero attached hydrogens (tertiary/aromatic N) is 4. The largest absolute Gasteiger partial charge is 0.293 e. The first-order chi connectivity index (χ1) is 8.86. The molecule has 3 heterocycles. The molecule has 1 aromatic heterocycles. The zero-order valence-corrected chi connectivity index (χ0v) is 9.16. The molecular formula is C12H7N5O. The van der Waals surface area contributed by atoms with Crippen LogP contribution in [0.5, 0.6) is 0 Å². The molecule has 0 atom stereocenters. The fraction of sp³-hybridized carbons (Fsp3) is 0. The minimum Gasteiger partial charge on any atom is -0.293 e. The van der Waals surface area contributed by atoms with E-state index in [1.807, 2.05) is 24.3 Å². The van der Waals surface area contributed by atoms with Gasteiger partial charge in [-0.05, 0) is 6.07 Å². The molecule has 1 aromatic carbocycles. The van der Waals surface area contributed by atoms with Crippen LogP contribution in [0.3, 0.4) is 0 Å². The van der Waals surface area contributed by atoms with E-state index < -0.39 is 0 Å². The fourth-order valence-electron chi connectivity index (χ4n) is 2.32. The van der Waals surface area contributed by atoms with Crippen molar-refractivity contribution in [2.75, 3.05) is 0 Å². The molecular weight excluding hydrogens is 230 g/mol. The topological polar surface area (TPSA) is 75.9 Å². The number of benzene rings is 1.